The van der Waals surface area contributed by atoms with Crippen LogP contribution in [0.1, 0.15) is 11.4 Å². The second-order valence-electron chi connectivity index (χ2n) is 10.1. The minimum absolute atomic E-state index is 0.0670. The second kappa shape index (κ2) is 9.96. The van der Waals surface area contributed by atoms with Gasteiger partial charge in [-0.3, -0.25) is 13.9 Å². The van der Waals surface area contributed by atoms with E-state index in [0.717, 1.165) is 42.6 Å². The van der Waals surface area contributed by atoms with E-state index in [2.05, 4.69) is 31.5 Å². The fraction of sp³-hybridized carbons (Fsp3) is 0.133. The van der Waals surface area contributed by atoms with Gasteiger partial charge in [0, 0.05) is 25.7 Å². The number of nitrogens with one attached hydrogen (secondary N) is 1. The predicted octanol–water partition coefficient (Wildman–Crippen LogP) is 4.22. The van der Waals surface area contributed by atoms with Crippen molar-refractivity contribution in [1.82, 2.24) is 38.7 Å². The Labute approximate surface area is 243 Å². The first-order chi connectivity index (χ1) is 20.3. The average molecular weight is 578 g/mol. The molecule has 0 saturated carbocycles. The SMILES string of the molecule is Cn1cnc(Cn2c(=O)nc(Nc3cc4cn(C)nc4cc3Cl)n(Cc3c4ccccc4cc4ccccc34)c2=O)n1. The van der Waals surface area contributed by atoms with E-state index in [1.165, 1.54) is 15.6 Å². The molecule has 4 aromatic carbocycles. The lowest BCUT2D eigenvalue weighted by Crippen LogP contribution is -2.43. The third-order valence-electron chi connectivity index (χ3n) is 7.25. The summed E-state index contributed by atoms with van der Waals surface area (Å²) >= 11 is 6.62. The van der Waals surface area contributed by atoms with Crippen LogP contribution in [0, 0.1) is 0 Å². The minimum Gasteiger partial charge on any atom is -0.324 e. The molecule has 0 saturated heterocycles. The smallest absolute Gasteiger partial charge is 0.324 e. The first-order valence-electron chi connectivity index (χ1n) is 13.2. The molecule has 0 amide bonds. The summed E-state index contributed by atoms with van der Waals surface area (Å²) in [7, 11) is 3.54. The van der Waals surface area contributed by atoms with Crippen molar-refractivity contribution >= 4 is 55.7 Å². The van der Waals surface area contributed by atoms with Gasteiger partial charge in [0.25, 0.3) is 0 Å². The van der Waals surface area contributed by atoms with Gasteiger partial charge in [0.15, 0.2) is 5.82 Å². The average Bonchev–Trinajstić information content (AvgIpc) is 3.55. The summed E-state index contributed by atoms with van der Waals surface area (Å²) in [4.78, 5) is 35.9. The molecular weight excluding hydrogens is 554 g/mol. The zero-order valence-corrected chi connectivity index (χ0v) is 23.4. The standard InChI is InChI=1S/C30H24ClN9O2/c1-37-14-20-12-26(24(31)13-25(20)35-37)33-28-34-29(41)40(16-27-32-17-38(2)36-27)30(42)39(28)15-23-21-9-5-3-7-18(21)11-19-8-4-6-10-22(19)23/h3-14,17H,15-16H2,1-2H3,(H,33,34,41). The highest BCUT2D eigenvalue weighted by Gasteiger charge is 2.19. The zero-order valence-electron chi connectivity index (χ0n) is 22.7. The van der Waals surface area contributed by atoms with Crippen molar-refractivity contribution in [1.29, 1.82) is 0 Å². The number of aromatic nitrogens is 8. The summed E-state index contributed by atoms with van der Waals surface area (Å²) in [6.45, 7) is 0.0171. The van der Waals surface area contributed by atoms with Crippen LogP contribution >= 0.6 is 11.6 Å². The van der Waals surface area contributed by atoms with Crippen molar-refractivity contribution in [2.75, 3.05) is 5.32 Å². The highest BCUT2D eigenvalue weighted by atomic mass is 35.5. The van der Waals surface area contributed by atoms with E-state index < -0.39 is 11.4 Å². The highest BCUT2D eigenvalue weighted by Crippen LogP contribution is 2.31. The van der Waals surface area contributed by atoms with Crippen LogP contribution in [0.4, 0.5) is 11.6 Å². The maximum atomic E-state index is 14.1. The van der Waals surface area contributed by atoms with E-state index in [-0.39, 0.29) is 19.0 Å². The highest BCUT2D eigenvalue weighted by molar-refractivity contribution is 6.34. The molecule has 7 aromatic rings. The van der Waals surface area contributed by atoms with Gasteiger partial charge in [-0.05, 0) is 45.3 Å². The molecule has 7 rings (SSSR count). The number of aryl methyl sites for hydroxylation is 2. The van der Waals surface area contributed by atoms with Gasteiger partial charge in [-0.25, -0.2) is 19.1 Å². The van der Waals surface area contributed by atoms with Gasteiger partial charge >= 0.3 is 11.4 Å². The molecule has 12 heteroatoms. The number of halogens is 1. The maximum absolute atomic E-state index is 14.1. The summed E-state index contributed by atoms with van der Waals surface area (Å²) in [6.07, 6.45) is 3.37. The van der Waals surface area contributed by atoms with Crippen LogP contribution in [-0.2, 0) is 27.2 Å². The van der Waals surface area contributed by atoms with E-state index >= 15 is 0 Å². The summed E-state index contributed by atoms with van der Waals surface area (Å²) in [5.74, 6) is 0.392. The first-order valence-corrected chi connectivity index (χ1v) is 13.6. The Kier molecular flexibility index (Phi) is 6.09. The third-order valence-corrected chi connectivity index (χ3v) is 7.56. The van der Waals surface area contributed by atoms with Crippen LogP contribution in [0.3, 0.4) is 0 Å². The van der Waals surface area contributed by atoms with Gasteiger partial charge in [0.05, 0.1) is 29.3 Å². The summed E-state index contributed by atoms with van der Waals surface area (Å²) < 4.78 is 5.71. The molecule has 3 heterocycles. The van der Waals surface area contributed by atoms with E-state index in [0.29, 0.717) is 16.5 Å². The minimum atomic E-state index is -0.729. The molecule has 3 aromatic heterocycles. The Hall–Kier alpha value is -5.29. The van der Waals surface area contributed by atoms with Gasteiger partial charge < -0.3 is 5.32 Å². The van der Waals surface area contributed by atoms with Crippen molar-refractivity contribution in [2.45, 2.75) is 13.1 Å². The molecule has 42 heavy (non-hydrogen) atoms. The Balaban J connectivity index is 1.44. The molecule has 0 fully saturated rings. The van der Waals surface area contributed by atoms with Gasteiger partial charge in [0.1, 0.15) is 6.33 Å². The van der Waals surface area contributed by atoms with Crippen LogP contribution in [0.2, 0.25) is 5.02 Å². The zero-order chi connectivity index (χ0) is 29.0. The molecule has 0 radical (unpaired) electrons. The number of hydrogen-bond donors (Lipinski definition) is 1. The normalized spacial score (nSPS) is 11.6. The van der Waals surface area contributed by atoms with Crippen LogP contribution in [0.5, 0.6) is 0 Å². The number of nitrogens with zero attached hydrogens (tertiary/aromatic N) is 8. The molecule has 0 spiro atoms. The van der Waals surface area contributed by atoms with Crippen molar-refractivity contribution in [3.8, 4) is 0 Å². The molecule has 0 atom stereocenters. The largest absolute Gasteiger partial charge is 0.355 e. The lowest BCUT2D eigenvalue weighted by molar-refractivity contribution is 0.575. The van der Waals surface area contributed by atoms with Crippen molar-refractivity contribution in [3.63, 3.8) is 0 Å². The molecule has 11 nitrogen and oxygen atoms in total. The van der Waals surface area contributed by atoms with E-state index in [9.17, 15) is 9.59 Å². The molecule has 0 bridgehead atoms. The van der Waals surface area contributed by atoms with E-state index in [1.54, 1.807) is 17.8 Å². The Morgan fingerprint density at radius 2 is 1.52 bits per heavy atom. The van der Waals surface area contributed by atoms with Crippen molar-refractivity contribution in [3.05, 3.63) is 117 Å². The van der Waals surface area contributed by atoms with Gasteiger partial charge in [-0.1, -0.05) is 60.1 Å². The summed E-state index contributed by atoms with van der Waals surface area (Å²) in [5, 5.41) is 17.1. The number of benzene rings is 4. The predicted molar refractivity (Wildman–Crippen MR) is 162 cm³/mol. The monoisotopic (exact) mass is 577 g/mol. The molecule has 0 aliphatic carbocycles. The number of fused-ring (bicyclic) bond motifs is 3. The quantitative estimate of drug-likeness (QED) is 0.294. The maximum Gasteiger partial charge on any atom is 0.355 e. The van der Waals surface area contributed by atoms with Crippen LogP contribution in [-0.4, -0.2) is 38.7 Å². The fourth-order valence-corrected chi connectivity index (χ4v) is 5.53. The molecular formula is C30H24ClN9O2. The summed E-state index contributed by atoms with van der Waals surface area (Å²) in [5.41, 5.74) is 0.849. The first kappa shape index (κ1) is 25.7. The third kappa shape index (κ3) is 4.49. The van der Waals surface area contributed by atoms with Crippen LogP contribution < -0.4 is 16.7 Å². The molecule has 0 unspecified atom stereocenters. The lowest BCUT2D eigenvalue weighted by Gasteiger charge is -2.18. The Morgan fingerprint density at radius 1 is 0.810 bits per heavy atom. The van der Waals surface area contributed by atoms with E-state index in [1.807, 2.05) is 67.8 Å². The number of anilines is 2. The van der Waals surface area contributed by atoms with Gasteiger partial charge in [0.2, 0.25) is 5.95 Å². The van der Waals surface area contributed by atoms with Crippen molar-refractivity contribution in [2.24, 2.45) is 14.1 Å². The molecule has 208 valence electrons. The molecule has 1 N–H and O–H groups in total. The molecule has 0 aliphatic rings. The Bertz CT molecular complexity index is 2230. The topological polar surface area (TPSA) is 117 Å². The number of rotatable bonds is 6. The molecule has 0 aliphatic heterocycles. The van der Waals surface area contributed by atoms with Crippen LogP contribution in [0.15, 0.2) is 88.8 Å². The summed E-state index contributed by atoms with van der Waals surface area (Å²) in [6, 6.07) is 21.7. The van der Waals surface area contributed by atoms with Crippen LogP contribution in [0.25, 0.3) is 32.4 Å². The second-order valence-corrected chi connectivity index (χ2v) is 10.5. The lowest BCUT2D eigenvalue weighted by atomic mass is 9.97. The van der Waals surface area contributed by atoms with Gasteiger partial charge in [-0.15, -0.1) is 0 Å². The Morgan fingerprint density at radius 3 is 2.21 bits per heavy atom. The number of hydrogen-bond acceptors (Lipinski definition) is 7. The van der Waals surface area contributed by atoms with Crippen molar-refractivity contribution < 1.29 is 0 Å². The van der Waals surface area contributed by atoms with E-state index in [4.69, 9.17) is 11.6 Å². The van der Waals surface area contributed by atoms with Gasteiger partial charge in [-0.2, -0.15) is 15.2 Å². The fourth-order valence-electron chi connectivity index (χ4n) is 5.32.